The van der Waals surface area contributed by atoms with Crippen LogP contribution in [0.1, 0.15) is 18.9 Å². The number of aromatic nitrogens is 1. The summed E-state index contributed by atoms with van der Waals surface area (Å²) < 4.78 is 5.22. The van der Waals surface area contributed by atoms with Gasteiger partial charge in [-0.3, -0.25) is 10.1 Å². The van der Waals surface area contributed by atoms with Crippen LogP contribution in [0, 0.1) is 10.1 Å². The third-order valence-corrected chi connectivity index (χ3v) is 3.73. The molecule has 8 nitrogen and oxygen atoms in total. The highest BCUT2D eigenvalue weighted by Gasteiger charge is 2.22. The summed E-state index contributed by atoms with van der Waals surface area (Å²) in [5, 5.41) is 30.2. The SMILES string of the molecule is CCCc1ccc2oc(=O)c(-c3cc(O)c(O)c([N+](=O)[O-])c3)nc2c1. The van der Waals surface area contributed by atoms with E-state index in [0.717, 1.165) is 30.5 Å². The molecule has 2 N–H and O–H groups in total. The molecule has 0 radical (unpaired) electrons. The monoisotopic (exact) mass is 342 g/mol. The Bertz CT molecular complexity index is 1040. The number of aromatic hydroxyl groups is 2. The summed E-state index contributed by atoms with van der Waals surface area (Å²) in [6, 6.07) is 7.27. The van der Waals surface area contributed by atoms with Crippen molar-refractivity contribution < 1.29 is 19.6 Å². The number of rotatable bonds is 4. The van der Waals surface area contributed by atoms with Gasteiger partial charge in [0.25, 0.3) is 0 Å². The molecule has 0 spiro atoms. The number of phenolic OH excluding ortho intramolecular Hbond substituents is 2. The molecule has 0 saturated carbocycles. The van der Waals surface area contributed by atoms with Crippen molar-refractivity contribution in [1.29, 1.82) is 0 Å². The highest BCUT2D eigenvalue weighted by Crippen LogP contribution is 2.38. The van der Waals surface area contributed by atoms with Crippen LogP contribution in [-0.2, 0) is 6.42 Å². The van der Waals surface area contributed by atoms with E-state index in [1.807, 2.05) is 13.0 Å². The molecule has 0 unspecified atom stereocenters. The minimum atomic E-state index is -0.871. The predicted molar refractivity (Wildman–Crippen MR) is 89.7 cm³/mol. The smallest absolute Gasteiger partial charge is 0.363 e. The van der Waals surface area contributed by atoms with Crippen molar-refractivity contribution in [3.63, 3.8) is 0 Å². The first-order valence-electron chi connectivity index (χ1n) is 7.55. The molecule has 0 aliphatic rings. The fraction of sp³-hybridized carbons (Fsp3) is 0.176. The molecule has 0 amide bonds. The maximum Gasteiger partial charge on any atom is 0.363 e. The van der Waals surface area contributed by atoms with E-state index in [-0.39, 0.29) is 11.3 Å². The summed E-state index contributed by atoms with van der Waals surface area (Å²) in [6.07, 6.45) is 1.77. The van der Waals surface area contributed by atoms with E-state index in [0.29, 0.717) is 11.1 Å². The first-order valence-corrected chi connectivity index (χ1v) is 7.55. The van der Waals surface area contributed by atoms with Crippen molar-refractivity contribution >= 4 is 16.8 Å². The van der Waals surface area contributed by atoms with Crippen LogP contribution in [0.15, 0.2) is 39.5 Å². The van der Waals surface area contributed by atoms with Gasteiger partial charge in [0.1, 0.15) is 5.52 Å². The predicted octanol–water partition coefficient (Wildman–Crippen LogP) is 3.13. The summed E-state index contributed by atoms with van der Waals surface area (Å²) in [4.78, 5) is 26.5. The third-order valence-electron chi connectivity index (χ3n) is 3.73. The van der Waals surface area contributed by atoms with Gasteiger partial charge in [-0.1, -0.05) is 19.4 Å². The zero-order valence-electron chi connectivity index (χ0n) is 13.2. The van der Waals surface area contributed by atoms with Gasteiger partial charge >= 0.3 is 11.3 Å². The van der Waals surface area contributed by atoms with Crippen molar-refractivity contribution in [2.24, 2.45) is 0 Å². The summed E-state index contributed by atoms with van der Waals surface area (Å²) in [5.41, 5.74) is 0.0213. The number of hydrogen-bond donors (Lipinski definition) is 2. The van der Waals surface area contributed by atoms with Gasteiger partial charge in [-0.05, 0) is 30.2 Å². The molecule has 0 fully saturated rings. The lowest BCUT2D eigenvalue weighted by molar-refractivity contribution is -0.385. The Morgan fingerprint density at radius 2 is 2.00 bits per heavy atom. The molecule has 25 heavy (non-hydrogen) atoms. The molecule has 0 aliphatic heterocycles. The van der Waals surface area contributed by atoms with E-state index < -0.39 is 27.7 Å². The van der Waals surface area contributed by atoms with E-state index in [1.165, 1.54) is 0 Å². The standard InChI is InChI=1S/C17H14N2O6/c1-2-3-9-4-5-14-11(6-9)18-15(17(22)25-14)10-7-12(19(23)24)16(21)13(20)8-10/h4-8,20-21H,2-3H2,1H3. The molecule has 1 aromatic heterocycles. The Morgan fingerprint density at radius 3 is 2.68 bits per heavy atom. The Morgan fingerprint density at radius 1 is 1.24 bits per heavy atom. The van der Waals surface area contributed by atoms with Crippen molar-refractivity contribution in [2.75, 3.05) is 0 Å². The van der Waals surface area contributed by atoms with E-state index in [4.69, 9.17) is 4.42 Å². The lowest BCUT2D eigenvalue weighted by Crippen LogP contribution is -2.06. The molecule has 0 atom stereocenters. The Balaban J connectivity index is 2.23. The topological polar surface area (TPSA) is 127 Å². The van der Waals surface area contributed by atoms with Crippen molar-refractivity contribution in [3.8, 4) is 22.8 Å². The summed E-state index contributed by atoms with van der Waals surface area (Å²) in [7, 11) is 0. The molecule has 0 saturated heterocycles. The fourth-order valence-electron chi connectivity index (χ4n) is 2.56. The van der Waals surface area contributed by atoms with Crippen LogP contribution in [0.25, 0.3) is 22.4 Å². The quantitative estimate of drug-likeness (QED) is 0.423. The zero-order valence-corrected chi connectivity index (χ0v) is 13.2. The maximum absolute atomic E-state index is 12.2. The number of aryl methyl sites for hydroxylation is 1. The van der Waals surface area contributed by atoms with Gasteiger partial charge < -0.3 is 14.6 Å². The molecular formula is C17H14N2O6. The number of benzene rings is 2. The van der Waals surface area contributed by atoms with Crippen LogP contribution in [0.5, 0.6) is 11.5 Å². The van der Waals surface area contributed by atoms with E-state index in [2.05, 4.69) is 4.98 Å². The second-order valence-corrected chi connectivity index (χ2v) is 5.52. The van der Waals surface area contributed by atoms with Gasteiger partial charge in [-0.2, -0.15) is 0 Å². The van der Waals surface area contributed by atoms with Gasteiger partial charge in [-0.15, -0.1) is 0 Å². The second-order valence-electron chi connectivity index (χ2n) is 5.52. The molecule has 128 valence electrons. The Kier molecular flexibility index (Phi) is 4.10. The van der Waals surface area contributed by atoms with Crippen molar-refractivity contribution in [2.45, 2.75) is 19.8 Å². The van der Waals surface area contributed by atoms with Crippen molar-refractivity contribution in [1.82, 2.24) is 4.98 Å². The molecule has 3 aromatic rings. The normalized spacial score (nSPS) is 10.9. The van der Waals surface area contributed by atoms with Crippen LogP contribution < -0.4 is 5.63 Å². The van der Waals surface area contributed by atoms with Crippen LogP contribution in [0.4, 0.5) is 5.69 Å². The number of phenols is 2. The fourth-order valence-corrected chi connectivity index (χ4v) is 2.56. The van der Waals surface area contributed by atoms with Crippen LogP contribution in [0.3, 0.4) is 0 Å². The lowest BCUT2D eigenvalue weighted by atomic mass is 10.1. The molecule has 0 bridgehead atoms. The minimum absolute atomic E-state index is 0.0152. The Hall–Kier alpha value is -3.42. The van der Waals surface area contributed by atoms with Crippen LogP contribution >= 0.6 is 0 Å². The van der Waals surface area contributed by atoms with E-state index in [9.17, 15) is 25.1 Å². The van der Waals surface area contributed by atoms with Gasteiger partial charge in [-0.25, -0.2) is 9.78 Å². The molecule has 8 heteroatoms. The number of nitro benzene ring substituents is 1. The first kappa shape index (κ1) is 16.4. The van der Waals surface area contributed by atoms with Crippen LogP contribution in [-0.4, -0.2) is 20.1 Å². The highest BCUT2D eigenvalue weighted by molar-refractivity contribution is 5.77. The van der Waals surface area contributed by atoms with E-state index >= 15 is 0 Å². The zero-order chi connectivity index (χ0) is 18.1. The highest BCUT2D eigenvalue weighted by atomic mass is 16.6. The molecule has 1 heterocycles. The number of nitrogens with zero attached hydrogens (tertiary/aromatic N) is 2. The largest absolute Gasteiger partial charge is 0.504 e. The summed E-state index contributed by atoms with van der Waals surface area (Å²) in [5.74, 6) is -1.59. The average molecular weight is 342 g/mol. The second kappa shape index (κ2) is 6.23. The van der Waals surface area contributed by atoms with Gasteiger partial charge in [0.15, 0.2) is 17.0 Å². The van der Waals surface area contributed by atoms with Gasteiger partial charge in [0.2, 0.25) is 5.75 Å². The number of fused-ring (bicyclic) bond motifs is 1. The molecule has 0 aliphatic carbocycles. The molecule has 3 rings (SSSR count). The number of hydrogen-bond acceptors (Lipinski definition) is 7. The van der Waals surface area contributed by atoms with Gasteiger partial charge in [0.05, 0.1) is 4.92 Å². The van der Waals surface area contributed by atoms with Crippen LogP contribution in [0.2, 0.25) is 0 Å². The van der Waals surface area contributed by atoms with E-state index in [1.54, 1.807) is 12.1 Å². The van der Waals surface area contributed by atoms with Gasteiger partial charge in [0, 0.05) is 11.6 Å². The molecular weight excluding hydrogens is 328 g/mol. The molecule has 2 aromatic carbocycles. The summed E-state index contributed by atoms with van der Waals surface area (Å²) in [6.45, 7) is 2.03. The number of nitro groups is 1. The third kappa shape index (κ3) is 3.01. The lowest BCUT2D eigenvalue weighted by Gasteiger charge is -2.06. The minimum Gasteiger partial charge on any atom is -0.504 e. The average Bonchev–Trinajstić information content (AvgIpc) is 2.57. The Labute approximate surface area is 141 Å². The first-order chi connectivity index (χ1) is 11.9. The van der Waals surface area contributed by atoms with Crippen molar-refractivity contribution in [3.05, 3.63) is 56.4 Å². The maximum atomic E-state index is 12.2. The summed E-state index contributed by atoms with van der Waals surface area (Å²) >= 11 is 0.